The van der Waals surface area contributed by atoms with Gasteiger partial charge < -0.3 is 5.11 Å². The first-order chi connectivity index (χ1) is 8.84. The molecule has 1 aromatic rings. The van der Waals surface area contributed by atoms with E-state index < -0.39 is 6.10 Å². The van der Waals surface area contributed by atoms with Gasteiger partial charge in [-0.3, -0.25) is 4.90 Å². The van der Waals surface area contributed by atoms with Crippen molar-refractivity contribution in [2.75, 3.05) is 13.1 Å². The minimum Gasteiger partial charge on any atom is -0.386 e. The molecule has 0 radical (unpaired) electrons. The highest BCUT2D eigenvalue weighted by molar-refractivity contribution is 5.38. The first-order valence-corrected chi connectivity index (χ1v) is 7.35. The molecule has 0 aliphatic carbocycles. The number of benzene rings is 1. The van der Waals surface area contributed by atoms with Gasteiger partial charge in [0.25, 0.3) is 0 Å². The van der Waals surface area contributed by atoms with Gasteiger partial charge >= 0.3 is 0 Å². The van der Waals surface area contributed by atoms with Gasteiger partial charge in [-0.25, -0.2) is 0 Å². The number of nitrogens with zero attached hydrogens (tertiary/aromatic N) is 1. The number of aliphatic hydroxyl groups excluding tert-OH is 1. The summed E-state index contributed by atoms with van der Waals surface area (Å²) in [6.45, 7) is 12.9. The highest BCUT2D eigenvalue weighted by Gasteiger charge is 2.37. The normalized spacial score (nSPS) is 18.8. The smallest absolute Gasteiger partial charge is 0.0970 e. The van der Waals surface area contributed by atoms with Gasteiger partial charge in [0.05, 0.1) is 6.10 Å². The zero-order chi connectivity index (χ0) is 14.2. The molecule has 1 fully saturated rings. The predicted molar refractivity (Wildman–Crippen MR) is 80.5 cm³/mol. The van der Waals surface area contributed by atoms with Crippen molar-refractivity contribution in [3.05, 3.63) is 34.4 Å². The van der Waals surface area contributed by atoms with Gasteiger partial charge in [0.15, 0.2) is 0 Å². The molecule has 2 nitrogen and oxygen atoms in total. The van der Waals surface area contributed by atoms with E-state index in [-0.39, 0.29) is 5.54 Å². The third-order valence-corrected chi connectivity index (χ3v) is 4.77. The van der Waals surface area contributed by atoms with E-state index in [2.05, 4.69) is 51.7 Å². The first-order valence-electron chi connectivity index (χ1n) is 7.35. The van der Waals surface area contributed by atoms with Crippen LogP contribution in [0.5, 0.6) is 0 Å². The molecule has 19 heavy (non-hydrogen) atoms. The van der Waals surface area contributed by atoms with Gasteiger partial charge in [-0.05, 0) is 82.8 Å². The molecule has 0 saturated carbocycles. The van der Waals surface area contributed by atoms with Crippen LogP contribution in [0.4, 0.5) is 0 Å². The summed E-state index contributed by atoms with van der Waals surface area (Å²) in [7, 11) is 0. The SMILES string of the molecule is Cc1cc(C)c(C(O)C(C)(C)N2CCCC2)cc1C. The Bertz CT molecular complexity index is 459. The quantitative estimate of drug-likeness (QED) is 0.900. The average molecular weight is 261 g/mol. The second kappa shape index (κ2) is 5.26. The molecule has 2 rings (SSSR count). The van der Waals surface area contributed by atoms with Crippen LogP contribution in [-0.2, 0) is 0 Å². The second-order valence-electron chi connectivity index (χ2n) is 6.54. The van der Waals surface area contributed by atoms with Crippen molar-refractivity contribution in [3.8, 4) is 0 Å². The Morgan fingerprint density at radius 1 is 1.00 bits per heavy atom. The Kier molecular flexibility index (Phi) is 4.03. The molecule has 1 N–H and O–H groups in total. The van der Waals surface area contributed by atoms with Crippen LogP contribution in [0, 0.1) is 20.8 Å². The molecule has 1 atom stereocenters. The average Bonchev–Trinajstić information content (AvgIpc) is 2.87. The number of aliphatic hydroxyl groups is 1. The lowest BCUT2D eigenvalue weighted by atomic mass is 9.86. The second-order valence-corrected chi connectivity index (χ2v) is 6.54. The molecule has 1 unspecified atom stereocenters. The third kappa shape index (κ3) is 2.70. The maximum Gasteiger partial charge on any atom is 0.0970 e. The van der Waals surface area contributed by atoms with E-state index in [0.29, 0.717) is 0 Å². The summed E-state index contributed by atoms with van der Waals surface area (Å²) in [5, 5.41) is 10.9. The Morgan fingerprint density at radius 3 is 2.11 bits per heavy atom. The van der Waals surface area contributed by atoms with Crippen molar-refractivity contribution in [1.29, 1.82) is 0 Å². The maximum absolute atomic E-state index is 10.9. The molecule has 1 aliphatic heterocycles. The van der Waals surface area contributed by atoms with E-state index in [1.54, 1.807) is 0 Å². The fraction of sp³-hybridized carbons (Fsp3) is 0.647. The monoisotopic (exact) mass is 261 g/mol. The number of rotatable bonds is 3. The molecule has 1 heterocycles. The van der Waals surface area contributed by atoms with Crippen molar-refractivity contribution in [2.45, 2.75) is 59.1 Å². The van der Waals surface area contributed by atoms with E-state index in [1.807, 2.05) is 0 Å². The topological polar surface area (TPSA) is 23.5 Å². The van der Waals surface area contributed by atoms with Gasteiger partial charge in [-0.15, -0.1) is 0 Å². The Labute approximate surface area is 117 Å². The van der Waals surface area contributed by atoms with Gasteiger partial charge in [0.1, 0.15) is 0 Å². The van der Waals surface area contributed by atoms with Crippen molar-refractivity contribution in [1.82, 2.24) is 4.90 Å². The summed E-state index contributed by atoms with van der Waals surface area (Å²) in [5.41, 5.74) is 4.65. The fourth-order valence-electron chi connectivity index (χ4n) is 3.12. The standard InChI is InChI=1S/C17H27NO/c1-12-10-14(3)15(11-13(12)2)16(19)17(4,5)18-8-6-7-9-18/h10-11,16,19H,6-9H2,1-5H3. The van der Waals surface area contributed by atoms with Crippen LogP contribution in [0.15, 0.2) is 12.1 Å². The fourth-order valence-corrected chi connectivity index (χ4v) is 3.12. The largest absolute Gasteiger partial charge is 0.386 e. The Morgan fingerprint density at radius 2 is 1.53 bits per heavy atom. The zero-order valence-corrected chi connectivity index (χ0v) is 13.0. The lowest BCUT2D eigenvalue weighted by molar-refractivity contribution is 0.000937. The molecular formula is C17H27NO. The maximum atomic E-state index is 10.9. The van der Waals surface area contributed by atoms with Crippen LogP contribution >= 0.6 is 0 Å². The van der Waals surface area contributed by atoms with E-state index in [0.717, 1.165) is 18.7 Å². The highest BCUT2D eigenvalue weighted by atomic mass is 16.3. The minimum absolute atomic E-state index is 0.192. The molecule has 1 aromatic carbocycles. The summed E-state index contributed by atoms with van der Waals surface area (Å²) < 4.78 is 0. The van der Waals surface area contributed by atoms with Crippen LogP contribution in [-0.4, -0.2) is 28.6 Å². The molecular weight excluding hydrogens is 234 g/mol. The highest BCUT2D eigenvalue weighted by Crippen LogP contribution is 2.35. The summed E-state index contributed by atoms with van der Waals surface area (Å²) in [6.07, 6.45) is 2.08. The van der Waals surface area contributed by atoms with E-state index in [1.165, 1.54) is 29.5 Å². The molecule has 1 saturated heterocycles. The summed E-state index contributed by atoms with van der Waals surface area (Å²) in [4.78, 5) is 2.42. The molecule has 0 spiro atoms. The van der Waals surface area contributed by atoms with Crippen LogP contribution in [0.1, 0.15) is 55.0 Å². The Balaban J connectivity index is 2.32. The molecule has 106 valence electrons. The number of hydrogen-bond acceptors (Lipinski definition) is 2. The number of hydrogen-bond donors (Lipinski definition) is 1. The summed E-state index contributed by atoms with van der Waals surface area (Å²) >= 11 is 0. The van der Waals surface area contributed by atoms with Gasteiger partial charge in [-0.1, -0.05) is 12.1 Å². The van der Waals surface area contributed by atoms with Crippen molar-refractivity contribution in [2.24, 2.45) is 0 Å². The van der Waals surface area contributed by atoms with Crippen molar-refractivity contribution in [3.63, 3.8) is 0 Å². The number of likely N-dealkylation sites (tertiary alicyclic amines) is 1. The number of aryl methyl sites for hydroxylation is 3. The molecule has 0 bridgehead atoms. The first kappa shape index (κ1) is 14.5. The molecule has 0 amide bonds. The van der Waals surface area contributed by atoms with Crippen LogP contribution in [0.25, 0.3) is 0 Å². The molecule has 1 aliphatic rings. The van der Waals surface area contributed by atoms with E-state index >= 15 is 0 Å². The molecule has 0 aromatic heterocycles. The van der Waals surface area contributed by atoms with Crippen molar-refractivity contribution >= 4 is 0 Å². The van der Waals surface area contributed by atoms with Crippen LogP contribution in [0.3, 0.4) is 0 Å². The zero-order valence-electron chi connectivity index (χ0n) is 13.0. The Hall–Kier alpha value is -0.860. The van der Waals surface area contributed by atoms with Crippen LogP contribution < -0.4 is 0 Å². The van der Waals surface area contributed by atoms with Crippen LogP contribution in [0.2, 0.25) is 0 Å². The third-order valence-electron chi connectivity index (χ3n) is 4.77. The lowest BCUT2D eigenvalue weighted by Gasteiger charge is -2.40. The van der Waals surface area contributed by atoms with Gasteiger partial charge in [-0.2, -0.15) is 0 Å². The molecule has 2 heteroatoms. The predicted octanol–water partition coefficient (Wildman–Crippen LogP) is 3.52. The van der Waals surface area contributed by atoms with E-state index in [9.17, 15) is 5.11 Å². The minimum atomic E-state index is -0.426. The summed E-state index contributed by atoms with van der Waals surface area (Å²) in [6, 6.07) is 4.35. The van der Waals surface area contributed by atoms with Gasteiger partial charge in [0, 0.05) is 5.54 Å². The lowest BCUT2D eigenvalue weighted by Crippen LogP contribution is -2.47. The van der Waals surface area contributed by atoms with Gasteiger partial charge in [0.2, 0.25) is 0 Å². The van der Waals surface area contributed by atoms with Crippen molar-refractivity contribution < 1.29 is 5.11 Å². The summed E-state index contributed by atoms with van der Waals surface area (Å²) in [5.74, 6) is 0. The van der Waals surface area contributed by atoms with E-state index in [4.69, 9.17) is 0 Å².